The Hall–Kier alpha value is -0.300. The molecule has 1 fully saturated rings. The lowest BCUT2D eigenvalue weighted by Gasteiger charge is -2.10. The van der Waals surface area contributed by atoms with E-state index in [0.717, 1.165) is 12.0 Å². The van der Waals surface area contributed by atoms with Crippen LogP contribution in [0.2, 0.25) is 0 Å². The van der Waals surface area contributed by atoms with E-state index in [1.54, 1.807) is 0 Å². The van der Waals surface area contributed by atoms with E-state index in [4.69, 9.17) is 0 Å². The molecule has 0 aromatic heterocycles. The van der Waals surface area contributed by atoms with Crippen LogP contribution in [-0.2, 0) is 0 Å². The number of hydrogen-bond donors (Lipinski definition) is 1. The van der Waals surface area contributed by atoms with Crippen LogP contribution in [0.4, 0.5) is 0 Å². The summed E-state index contributed by atoms with van der Waals surface area (Å²) in [5.74, 6) is 0.958. The van der Waals surface area contributed by atoms with Gasteiger partial charge in [0.2, 0.25) is 0 Å². The van der Waals surface area contributed by atoms with Crippen molar-refractivity contribution >= 4 is 0 Å². The molecule has 1 nitrogen and oxygen atoms in total. The Morgan fingerprint density at radius 1 is 1.50 bits per heavy atom. The fourth-order valence-corrected chi connectivity index (χ4v) is 2.05. The van der Waals surface area contributed by atoms with Crippen LogP contribution in [0.15, 0.2) is 12.2 Å². The topological polar surface area (TPSA) is 12.0 Å². The van der Waals surface area contributed by atoms with Crippen molar-refractivity contribution < 1.29 is 0 Å². The molecule has 1 heteroatoms. The Morgan fingerprint density at radius 2 is 2.25 bits per heavy atom. The lowest BCUT2D eigenvalue weighted by molar-refractivity contribution is 0.479. The molecule has 12 heavy (non-hydrogen) atoms. The summed E-state index contributed by atoms with van der Waals surface area (Å²) >= 11 is 0. The Balaban J connectivity index is 2.15. The summed E-state index contributed by atoms with van der Waals surface area (Å²) < 4.78 is 0. The number of hydrogen-bond acceptors (Lipinski definition) is 1. The van der Waals surface area contributed by atoms with E-state index < -0.39 is 0 Å². The maximum absolute atomic E-state index is 3.94. The highest BCUT2D eigenvalue weighted by Crippen LogP contribution is 2.29. The first-order chi connectivity index (χ1) is 5.72. The zero-order valence-corrected chi connectivity index (χ0v) is 8.40. The monoisotopic (exact) mass is 167 g/mol. The van der Waals surface area contributed by atoms with Gasteiger partial charge in [-0.25, -0.2) is 0 Å². The molecule has 0 bridgehead atoms. The molecular formula is C11H21N. The molecule has 1 rings (SSSR count). The molecule has 1 aliphatic rings. The van der Waals surface area contributed by atoms with E-state index in [1.807, 2.05) is 0 Å². The van der Waals surface area contributed by atoms with Crippen molar-refractivity contribution in [1.29, 1.82) is 0 Å². The number of rotatable bonds is 4. The van der Waals surface area contributed by atoms with Gasteiger partial charge in [-0.3, -0.25) is 0 Å². The van der Waals surface area contributed by atoms with E-state index in [1.165, 1.54) is 37.7 Å². The summed E-state index contributed by atoms with van der Waals surface area (Å²) in [6.07, 6.45) is 6.74. The van der Waals surface area contributed by atoms with Crippen molar-refractivity contribution in [2.75, 3.05) is 7.05 Å². The van der Waals surface area contributed by atoms with E-state index in [0.29, 0.717) is 0 Å². The van der Waals surface area contributed by atoms with Gasteiger partial charge in [-0.2, -0.15) is 0 Å². The van der Waals surface area contributed by atoms with Gasteiger partial charge in [0.05, 0.1) is 0 Å². The molecule has 0 heterocycles. The maximum Gasteiger partial charge on any atom is 0.00668 e. The smallest absolute Gasteiger partial charge is 0.00668 e. The summed E-state index contributed by atoms with van der Waals surface area (Å²) in [5.41, 5.74) is 1.34. The van der Waals surface area contributed by atoms with Crippen LogP contribution in [0.3, 0.4) is 0 Å². The van der Waals surface area contributed by atoms with Crippen molar-refractivity contribution in [2.45, 2.75) is 45.1 Å². The van der Waals surface area contributed by atoms with Gasteiger partial charge < -0.3 is 5.32 Å². The maximum atomic E-state index is 3.94. The molecule has 70 valence electrons. The molecular weight excluding hydrogens is 146 g/mol. The summed E-state index contributed by atoms with van der Waals surface area (Å²) in [7, 11) is 2.08. The van der Waals surface area contributed by atoms with Crippen molar-refractivity contribution in [3.63, 3.8) is 0 Å². The first-order valence-corrected chi connectivity index (χ1v) is 5.04. The van der Waals surface area contributed by atoms with Crippen molar-refractivity contribution in [1.82, 2.24) is 5.32 Å². The van der Waals surface area contributed by atoms with Gasteiger partial charge in [0.1, 0.15) is 0 Å². The van der Waals surface area contributed by atoms with Gasteiger partial charge in [0.15, 0.2) is 0 Å². The minimum atomic E-state index is 0.792. The van der Waals surface area contributed by atoms with Crippen LogP contribution in [0.25, 0.3) is 0 Å². The molecule has 0 saturated heterocycles. The second kappa shape index (κ2) is 4.66. The quantitative estimate of drug-likeness (QED) is 0.635. The molecule has 1 saturated carbocycles. The van der Waals surface area contributed by atoms with E-state index in [-0.39, 0.29) is 0 Å². The molecule has 1 aliphatic carbocycles. The fraction of sp³-hybridized carbons (Fsp3) is 0.818. The molecule has 0 amide bonds. The zero-order chi connectivity index (χ0) is 8.97. The summed E-state index contributed by atoms with van der Waals surface area (Å²) in [5, 5.41) is 3.36. The summed E-state index contributed by atoms with van der Waals surface area (Å²) in [6.45, 7) is 6.07. The standard InChI is InChI=1S/C11H21N/c1-9(2)4-5-10-6-7-11(8-10)12-3/h10-12H,1,4-8H2,2-3H3. The van der Waals surface area contributed by atoms with Gasteiger partial charge >= 0.3 is 0 Å². The predicted molar refractivity (Wildman–Crippen MR) is 54.2 cm³/mol. The average Bonchev–Trinajstić information content (AvgIpc) is 2.48. The van der Waals surface area contributed by atoms with Gasteiger partial charge in [0, 0.05) is 6.04 Å². The third-order valence-corrected chi connectivity index (χ3v) is 2.93. The molecule has 1 N–H and O–H groups in total. The minimum Gasteiger partial charge on any atom is -0.317 e. The lowest BCUT2D eigenvalue weighted by atomic mass is 9.99. The van der Waals surface area contributed by atoms with Crippen LogP contribution in [0.5, 0.6) is 0 Å². The van der Waals surface area contributed by atoms with Gasteiger partial charge in [-0.15, -0.1) is 6.58 Å². The van der Waals surface area contributed by atoms with Crippen molar-refractivity contribution in [3.05, 3.63) is 12.2 Å². The van der Waals surface area contributed by atoms with E-state index in [9.17, 15) is 0 Å². The first kappa shape index (κ1) is 9.79. The highest BCUT2D eigenvalue weighted by Gasteiger charge is 2.22. The van der Waals surface area contributed by atoms with Gasteiger partial charge in [0.25, 0.3) is 0 Å². The predicted octanol–water partition coefficient (Wildman–Crippen LogP) is 2.73. The van der Waals surface area contributed by atoms with E-state index in [2.05, 4.69) is 25.9 Å². The second-order valence-corrected chi connectivity index (χ2v) is 4.16. The van der Waals surface area contributed by atoms with Crippen molar-refractivity contribution in [3.8, 4) is 0 Å². The minimum absolute atomic E-state index is 0.792. The van der Waals surface area contributed by atoms with Crippen LogP contribution >= 0.6 is 0 Å². The normalized spacial score (nSPS) is 29.2. The van der Waals surface area contributed by atoms with E-state index >= 15 is 0 Å². The Kier molecular flexibility index (Phi) is 3.80. The summed E-state index contributed by atoms with van der Waals surface area (Å²) in [4.78, 5) is 0. The summed E-state index contributed by atoms with van der Waals surface area (Å²) in [6, 6.07) is 0.792. The van der Waals surface area contributed by atoms with Crippen molar-refractivity contribution in [2.24, 2.45) is 5.92 Å². The first-order valence-electron chi connectivity index (χ1n) is 5.04. The van der Waals surface area contributed by atoms with Gasteiger partial charge in [-0.05, 0) is 52.0 Å². The molecule has 0 radical (unpaired) electrons. The molecule has 0 spiro atoms. The largest absolute Gasteiger partial charge is 0.317 e. The molecule has 0 aliphatic heterocycles. The number of allylic oxidation sites excluding steroid dienone is 1. The average molecular weight is 167 g/mol. The Labute approximate surface area is 76.2 Å². The van der Waals surface area contributed by atoms with Crippen LogP contribution < -0.4 is 5.32 Å². The number of nitrogens with one attached hydrogen (secondary N) is 1. The fourth-order valence-electron chi connectivity index (χ4n) is 2.05. The Bertz CT molecular complexity index is 151. The third kappa shape index (κ3) is 2.98. The molecule has 0 aromatic carbocycles. The molecule has 2 atom stereocenters. The molecule has 2 unspecified atom stereocenters. The third-order valence-electron chi connectivity index (χ3n) is 2.93. The zero-order valence-electron chi connectivity index (χ0n) is 8.40. The lowest BCUT2D eigenvalue weighted by Crippen LogP contribution is -2.21. The van der Waals surface area contributed by atoms with Crippen LogP contribution in [0.1, 0.15) is 39.0 Å². The highest BCUT2D eigenvalue weighted by atomic mass is 14.9. The molecule has 0 aromatic rings. The van der Waals surface area contributed by atoms with Gasteiger partial charge in [-0.1, -0.05) is 5.57 Å². The van der Waals surface area contributed by atoms with Crippen LogP contribution in [-0.4, -0.2) is 13.1 Å². The van der Waals surface area contributed by atoms with Crippen LogP contribution in [0, 0.1) is 5.92 Å². The SMILES string of the molecule is C=C(C)CCC1CCC(NC)C1. The Morgan fingerprint density at radius 3 is 2.75 bits per heavy atom. The highest BCUT2D eigenvalue weighted by molar-refractivity contribution is 4.90. The second-order valence-electron chi connectivity index (χ2n) is 4.16.